The summed E-state index contributed by atoms with van der Waals surface area (Å²) in [6.07, 6.45) is 0.618. The maximum atomic E-state index is 12.5. The van der Waals surface area contributed by atoms with Crippen LogP contribution in [0.5, 0.6) is 0 Å². The molecule has 2 aromatic rings. The predicted octanol–water partition coefficient (Wildman–Crippen LogP) is 3.18. The largest absolute Gasteiger partial charge is 0.433 e. The minimum absolute atomic E-state index is 0.114. The molecule has 0 aromatic carbocycles. The number of alkyl halides is 3. The molecule has 2 aromatic heterocycles. The van der Waals surface area contributed by atoms with E-state index in [0.29, 0.717) is 11.3 Å². The summed E-state index contributed by atoms with van der Waals surface area (Å²) in [7, 11) is 0. The van der Waals surface area contributed by atoms with Crippen LogP contribution >= 0.6 is 11.8 Å². The lowest BCUT2D eigenvalue weighted by Gasteiger charge is -2.07. The fraction of sp³-hybridized carbons (Fsp3) is 0.250. The number of thioether (sulfide) groups is 1. The van der Waals surface area contributed by atoms with Gasteiger partial charge >= 0.3 is 6.18 Å². The molecular formula is C12H8F3N3OS. The Morgan fingerprint density at radius 3 is 2.70 bits per heavy atom. The van der Waals surface area contributed by atoms with Crippen molar-refractivity contribution in [1.29, 1.82) is 0 Å². The summed E-state index contributed by atoms with van der Waals surface area (Å²) in [6, 6.07) is 2.13. The van der Waals surface area contributed by atoms with Crippen LogP contribution in [0.3, 0.4) is 0 Å². The predicted molar refractivity (Wildman–Crippen MR) is 66.8 cm³/mol. The monoisotopic (exact) mass is 299 g/mol. The van der Waals surface area contributed by atoms with Crippen LogP contribution in [0.25, 0.3) is 11.5 Å². The second kappa shape index (κ2) is 5.54. The van der Waals surface area contributed by atoms with Crippen LogP contribution in [0.4, 0.5) is 13.2 Å². The molecule has 0 unspecified atom stereocenters. The van der Waals surface area contributed by atoms with Crippen molar-refractivity contribution in [1.82, 2.24) is 15.2 Å². The molecule has 4 nitrogen and oxygen atoms in total. The average molecular weight is 299 g/mol. The van der Waals surface area contributed by atoms with E-state index >= 15 is 0 Å². The molecule has 2 heterocycles. The number of nitrogens with zero attached hydrogens (tertiary/aromatic N) is 3. The zero-order chi connectivity index (χ0) is 14.8. The van der Waals surface area contributed by atoms with Crippen molar-refractivity contribution in [3.63, 3.8) is 0 Å². The van der Waals surface area contributed by atoms with Gasteiger partial charge in [-0.1, -0.05) is 17.7 Å². The van der Waals surface area contributed by atoms with Crippen molar-refractivity contribution in [2.75, 3.05) is 5.75 Å². The number of aryl methyl sites for hydroxylation is 1. The fourth-order valence-corrected chi connectivity index (χ4v) is 1.87. The molecule has 0 atom stereocenters. The van der Waals surface area contributed by atoms with Gasteiger partial charge in [-0.25, -0.2) is 4.98 Å². The number of aromatic nitrogens is 3. The van der Waals surface area contributed by atoms with Crippen LogP contribution in [-0.2, 0) is 6.18 Å². The Bertz CT molecular complexity index is 661. The van der Waals surface area contributed by atoms with Crippen LogP contribution in [0.2, 0.25) is 0 Å². The Labute approximate surface area is 116 Å². The van der Waals surface area contributed by atoms with Gasteiger partial charge in [-0.3, -0.25) is 0 Å². The zero-order valence-electron chi connectivity index (χ0n) is 10.2. The highest BCUT2D eigenvalue weighted by Crippen LogP contribution is 2.31. The lowest BCUT2D eigenvalue weighted by molar-refractivity contribution is -0.141. The van der Waals surface area contributed by atoms with E-state index in [0.717, 1.165) is 6.07 Å². The Morgan fingerprint density at radius 2 is 2.10 bits per heavy atom. The average Bonchev–Trinajstić information content (AvgIpc) is 2.83. The summed E-state index contributed by atoms with van der Waals surface area (Å²) in [5.74, 6) is 2.88. The fourth-order valence-electron chi connectivity index (χ4n) is 1.43. The van der Waals surface area contributed by atoms with Crippen LogP contribution in [0.15, 0.2) is 21.8 Å². The van der Waals surface area contributed by atoms with E-state index in [4.69, 9.17) is 10.8 Å². The first kappa shape index (κ1) is 14.4. The van der Waals surface area contributed by atoms with Crippen molar-refractivity contribution in [3.05, 3.63) is 23.5 Å². The van der Waals surface area contributed by atoms with Crippen LogP contribution < -0.4 is 0 Å². The quantitative estimate of drug-likeness (QED) is 0.643. The Balaban J connectivity index is 2.30. The number of terminal acetylenes is 1. The van der Waals surface area contributed by atoms with Gasteiger partial charge in [0.2, 0.25) is 0 Å². The number of hydrogen-bond acceptors (Lipinski definition) is 5. The highest BCUT2D eigenvalue weighted by atomic mass is 32.2. The molecule has 8 heteroatoms. The summed E-state index contributed by atoms with van der Waals surface area (Å²) < 4.78 is 42.8. The number of hydrogen-bond donors (Lipinski definition) is 0. The number of halogens is 3. The highest BCUT2D eigenvalue weighted by molar-refractivity contribution is 7.99. The lowest BCUT2D eigenvalue weighted by atomic mass is 10.2. The SMILES string of the molecule is C#CCSc1nnc(-c2ccc(C(F)(F)F)nc2C)o1. The molecule has 0 aliphatic heterocycles. The second-order valence-corrected chi connectivity index (χ2v) is 4.62. The van der Waals surface area contributed by atoms with Crippen molar-refractivity contribution in [3.8, 4) is 23.8 Å². The number of pyridine rings is 1. The first-order valence-corrected chi connectivity index (χ1v) is 6.35. The van der Waals surface area contributed by atoms with Gasteiger partial charge in [0.25, 0.3) is 11.1 Å². The third-order valence-corrected chi connectivity index (χ3v) is 3.02. The molecular weight excluding hydrogens is 291 g/mol. The zero-order valence-corrected chi connectivity index (χ0v) is 11.0. The van der Waals surface area contributed by atoms with E-state index in [1.54, 1.807) is 0 Å². The van der Waals surface area contributed by atoms with Crippen molar-refractivity contribution >= 4 is 11.8 Å². The molecule has 0 N–H and O–H groups in total. The van der Waals surface area contributed by atoms with E-state index in [1.165, 1.54) is 24.8 Å². The maximum Gasteiger partial charge on any atom is 0.433 e. The van der Waals surface area contributed by atoms with Crippen molar-refractivity contribution in [2.24, 2.45) is 0 Å². The first-order valence-electron chi connectivity index (χ1n) is 5.37. The third kappa shape index (κ3) is 3.11. The van der Waals surface area contributed by atoms with Crippen molar-refractivity contribution in [2.45, 2.75) is 18.3 Å². The van der Waals surface area contributed by atoms with Gasteiger partial charge in [0, 0.05) is 0 Å². The summed E-state index contributed by atoms with van der Waals surface area (Å²) in [5, 5.41) is 7.77. The molecule has 0 aliphatic carbocycles. The summed E-state index contributed by atoms with van der Waals surface area (Å²) in [4.78, 5) is 3.50. The molecule has 0 fully saturated rings. The standard InChI is InChI=1S/C12H8F3N3OS/c1-3-6-20-11-18-17-10(19-11)8-4-5-9(12(13,14)15)16-7(8)2/h1,4-5H,6H2,2H3. The third-order valence-electron chi connectivity index (χ3n) is 2.29. The molecule has 2 rings (SSSR count). The topological polar surface area (TPSA) is 51.8 Å². The maximum absolute atomic E-state index is 12.5. The molecule has 0 aliphatic rings. The van der Waals surface area contributed by atoms with Gasteiger partial charge in [0.1, 0.15) is 5.69 Å². The van der Waals surface area contributed by atoms with Gasteiger partial charge in [0.15, 0.2) is 0 Å². The van der Waals surface area contributed by atoms with Crippen LogP contribution in [-0.4, -0.2) is 20.9 Å². The molecule has 0 saturated carbocycles. The molecule has 0 bridgehead atoms. The highest BCUT2D eigenvalue weighted by Gasteiger charge is 2.33. The van der Waals surface area contributed by atoms with E-state index in [2.05, 4.69) is 21.1 Å². The molecule has 0 spiro atoms. The van der Waals surface area contributed by atoms with Crippen LogP contribution in [0, 0.1) is 19.3 Å². The van der Waals surface area contributed by atoms with E-state index in [9.17, 15) is 13.2 Å². The molecule has 0 saturated heterocycles. The number of rotatable bonds is 3. The molecule has 20 heavy (non-hydrogen) atoms. The van der Waals surface area contributed by atoms with Gasteiger partial charge in [-0.2, -0.15) is 13.2 Å². The van der Waals surface area contributed by atoms with Gasteiger partial charge in [-0.15, -0.1) is 16.6 Å². The minimum Gasteiger partial charge on any atom is -0.411 e. The Hall–Kier alpha value is -2.01. The molecule has 0 amide bonds. The van der Waals surface area contributed by atoms with E-state index in [1.807, 2.05) is 0 Å². The van der Waals surface area contributed by atoms with E-state index < -0.39 is 11.9 Å². The smallest absolute Gasteiger partial charge is 0.411 e. The van der Waals surface area contributed by atoms with Gasteiger partial charge < -0.3 is 4.42 Å². The van der Waals surface area contributed by atoms with Crippen molar-refractivity contribution < 1.29 is 17.6 Å². The van der Waals surface area contributed by atoms with Gasteiger partial charge in [-0.05, 0) is 19.1 Å². The summed E-state index contributed by atoms with van der Waals surface area (Å²) >= 11 is 1.17. The Kier molecular flexibility index (Phi) is 3.99. The van der Waals surface area contributed by atoms with Gasteiger partial charge in [0.05, 0.1) is 17.0 Å². The lowest BCUT2D eigenvalue weighted by Crippen LogP contribution is -2.08. The molecule has 104 valence electrons. The summed E-state index contributed by atoms with van der Waals surface area (Å²) in [6.45, 7) is 1.45. The summed E-state index contributed by atoms with van der Waals surface area (Å²) in [5.41, 5.74) is -0.435. The molecule has 0 radical (unpaired) electrons. The Morgan fingerprint density at radius 1 is 1.35 bits per heavy atom. The normalized spacial score (nSPS) is 11.3. The second-order valence-electron chi connectivity index (χ2n) is 3.69. The minimum atomic E-state index is -4.48. The first-order chi connectivity index (χ1) is 9.41. The van der Waals surface area contributed by atoms with E-state index in [-0.39, 0.29) is 16.8 Å². The van der Waals surface area contributed by atoms with Crippen LogP contribution in [0.1, 0.15) is 11.4 Å².